The molecule has 3 rings (SSSR count). The first-order valence-corrected chi connectivity index (χ1v) is 9.28. The molecule has 27 heavy (non-hydrogen) atoms. The summed E-state index contributed by atoms with van der Waals surface area (Å²) in [6.07, 6.45) is 0. The first kappa shape index (κ1) is 19.0. The Kier molecular flexibility index (Phi) is 5.85. The van der Waals surface area contributed by atoms with Crippen molar-refractivity contribution in [3.05, 3.63) is 60.2 Å². The van der Waals surface area contributed by atoms with Crippen molar-refractivity contribution in [2.75, 3.05) is 5.32 Å². The van der Waals surface area contributed by atoms with Crippen molar-refractivity contribution in [1.82, 2.24) is 14.8 Å². The van der Waals surface area contributed by atoms with Gasteiger partial charge in [-0.25, -0.2) is 8.78 Å². The smallest absolute Gasteiger partial charge is 0.237 e. The lowest BCUT2D eigenvalue weighted by atomic mass is 10.2. The third-order valence-electron chi connectivity index (χ3n) is 3.90. The van der Waals surface area contributed by atoms with Gasteiger partial charge < -0.3 is 9.88 Å². The first-order valence-electron chi connectivity index (χ1n) is 8.40. The Morgan fingerprint density at radius 3 is 2.63 bits per heavy atom. The molecule has 8 heteroatoms. The van der Waals surface area contributed by atoms with Crippen LogP contribution in [0.5, 0.6) is 0 Å². The fraction of sp³-hybridized carbons (Fsp3) is 0.211. The first-order chi connectivity index (χ1) is 13.0. The molecule has 0 aliphatic rings. The highest BCUT2D eigenvalue weighted by atomic mass is 32.2. The van der Waals surface area contributed by atoms with E-state index >= 15 is 0 Å². The summed E-state index contributed by atoms with van der Waals surface area (Å²) < 4.78 is 28.9. The maximum atomic E-state index is 13.7. The van der Waals surface area contributed by atoms with Crippen molar-refractivity contribution in [3.8, 4) is 11.4 Å². The molecule has 0 saturated heterocycles. The fourth-order valence-corrected chi connectivity index (χ4v) is 3.41. The number of nitrogens with one attached hydrogen (secondary N) is 1. The summed E-state index contributed by atoms with van der Waals surface area (Å²) in [7, 11) is 0. The van der Waals surface area contributed by atoms with Crippen LogP contribution in [-0.2, 0) is 11.3 Å². The van der Waals surface area contributed by atoms with Crippen molar-refractivity contribution in [2.45, 2.75) is 30.8 Å². The number of thioether (sulfide) groups is 1. The van der Waals surface area contributed by atoms with Crippen LogP contribution in [0.1, 0.15) is 13.8 Å². The van der Waals surface area contributed by atoms with Crippen molar-refractivity contribution in [2.24, 2.45) is 0 Å². The number of anilines is 1. The van der Waals surface area contributed by atoms with Crippen LogP contribution >= 0.6 is 11.8 Å². The van der Waals surface area contributed by atoms with E-state index < -0.39 is 22.8 Å². The van der Waals surface area contributed by atoms with E-state index in [0.29, 0.717) is 17.5 Å². The number of amides is 1. The second-order valence-electron chi connectivity index (χ2n) is 5.79. The van der Waals surface area contributed by atoms with E-state index in [2.05, 4.69) is 15.5 Å². The molecular weight excluding hydrogens is 370 g/mol. The number of halogens is 2. The SMILES string of the molecule is CCn1c(S[C@H](C)C(=O)Nc2cc(F)ccc2F)nnc1-c1ccccc1. The molecule has 0 fully saturated rings. The van der Waals surface area contributed by atoms with Crippen LogP contribution in [0.3, 0.4) is 0 Å². The zero-order chi connectivity index (χ0) is 19.4. The van der Waals surface area contributed by atoms with Gasteiger partial charge in [-0.1, -0.05) is 42.1 Å². The minimum Gasteiger partial charge on any atom is -0.323 e. The largest absolute Gasteiger partial charge is 0.323 e. The topological polar surface area (TPSA) is 59.8 Å². The quantitative estimate of drug-likeness (QED) is 0.638. The van der Waals surface area contributed by atoms with E-state index in [9.17, 15) is 13.6 Å². The van der Waals surface area contributed by atoms with Crippen molar-refractivity contribution < 1.29 is 13.6 Å². The van der Waals surface area contributed by atoms with Crippen molar-refractivity contribution in [1.29, 1.82) is 0 Å². The Morgan fingerprint density at radius 1 is 1.19 bits per heavy atom. The van der Waals surface area contributed by atoms with Crippen molar-refractivity contribution >= 4 is 23.4 Å². The highest BCUT2D eigenvalue weighted by Crippen LogP contribution is 2.27. The Balaban J connectivity index is 1.76. The monoisotopic (exact) mass is 388 g/mol. The summed E-state index contributed by atoms with van der Waals surface area (Å²) in [4.78, 5) is 12.4. The van der Waals surface area contributed by atoms with Gasteiger partial charge in [0.1, 0.15) is 11.6 Å². The van der Waals surface area contributed by atoms with Crippen LogP contribution in [0, 0.1) is 11.6 Å². The zero-order valence-corrected chi connectivity index (χ0v) is 15.6. The molecule has 0 aliphatic heterocycles. The molecule has 0 saturated carbocycles. The molecule has 140 valence electrons. The van der Waals surface area contributed by atoms with Gasteiger partial charge in [-0.3, -0.25) is 4.79 Å². The molecule has 0 radical (unpaired) electrons. The molecule has 1 amide bonds. The molecule has 0 spiro atoms. The Morgan fingerprint density at radius 2 is 1.93 bits per heavy atom. The maximum absolute atomic E-state index is 13.7. The predicted octanol–water partition coefficient (Wildman–Crippen LogP) is 4.36. The van der Waals surface area contributed by atoms with Crippen LogP contribution in [0.2, 0.25) is 0 Å². The highest BCUT2D eigenvalue weighted by molar-refractivity contribution is 8.00. The van der Waals surface area contributed by atoms with Crippen molar-refractivity contribution in [3.63, 3.8) is 0 Å². The third kappa shape index (κ3) is 4.33. The minimum absolute atomic E-state index is 0.186. The maximum Gasteiger partial charge on any atom is 0.237 e. The van der Waals surface area contributed by atoms with Crippen LogP contribution in [0.4, 0.5) is 14.5 Å². The molecular formula is C19H18F2N4OS. The normalized spacial score (nSPS) is 12.0. The van der Waals surface area contributed by atoms with Crippen LogP contribution < -0.4 is 5.32 Å². The lowest BCUT2D eigenvalue weighted by Crippen LogP contribution is -2.23. The summed E-state index contributed by atoms with van der Waals surface area (Å²) in [5.41, 5.74) is 0.743. The van der Waals surface area contributed by atoms with Gasteiger partial charge in [0.05, 0.1) is 10.9 Å². The molecule has 1 N–H and O–H groups in total. The summed E-state index contributed by atoms with van der Waals surface area (Å²) in [5, 5.41) is 10.8. The highest BCUT2D eigenvalue weighted by Gasteiger charge is 2.21. The fourth-order valence-electron chi connectivity index (χ4n) is 2.50. The van der Waals surface area contributed by atoms with Gasteiger partial charge in [-0.05, 0) is 26.0 Å². The standard InChI is InChI=1S/C19H18F2N4OS/c1-3-25-17(13-7-5-4-6-8-13)23-24-19(25)27-12(2)18(26)22-16-11-14(20)9-10-15(16)21/h4-12H,3H2,1-2H3,(H,22,26)/t12-/m1/s1. The van der Waals surface area contributed by atoms with E-state index in [4.69, 9.17) is 0 Å². The molecule has 1 atom stereocenters. The lowest BCUT2D eigenvalue weighted by molar-refractivity contribution is -0.115. The summed E-state index contributed by atoms with van der Waals surface area (Å²) in [6.45, 7) is 4.27. The van der Waals surface area contributed by atoms with Gasteiger partial charge in [0.2, 0.25) is 5.91 Å². The molecule has 0 aliphatic carbocycles. The third-order valence-corrected chi connectivity index (χ3v) is 4.98. The summed E-state index contributed by atoms with van der Waals surface area (Å²) >= 11 is 1.21. The molecule has 0 bridgehead atoms. The number of hydrogen-bond donors (Lipinski definition) is 1. The second-order valence-corrected chi connectivity index (χ2v) is 7.10. The molecule has 1 heterocycles. The molecule has 0 unspecified atom stereocenters. The van der Waals surface area contributed by atoms with Gasteiger partial charge in [0.25, 0.3) is 0 Å². The molecule has 5 nitrogen and oxygen atoms in total. The lowest BCUT2D eigenvalue weighted by Gasteiger charge is -2.13. The second kappa shape index (κ2) is 8.30. The van der Waals surface area contributed by atoms with E-state index in [0.717, 1.165) is 23.8 Å². The van der Waals surface area contributed by atoms with Crippen LogP contribution in [-0.4, -0.2) is 25.9 Å². The Labute approximate surface area is 159 Å². The average Bonchev–Trinajstić information content (AvgIpc) is 3.07. The number of hydrogen-bond acceptors (Lipinski definition) is 4. The van der Waals surface area contributed by atoms with Gasteiger partial charge in [-0.2, -0.15) is 0 Å². The van der Waals surface area contributed by atoms with E-state index in [1.54, 1.807) is 6.92 Å². The van der Waals surface area contributed by atoms with Gasteiger partial charge >= 0.3 is 0 Å². The van der Waals surface area contributed by atoms with Crippen LogP contribution in [0.15, 0.2) is 53.7 Å². The Hall–Kier alpha value is -2.74. The Bertz CT molecular complexity index is 946. The minimum atomic E-state index is -0.690. The zero-order valence-electron chi connectivity index (χ0n) is 14.8. The number of carbonyl (C=O) groups is 1. The van der Waals surface area contributed by atoms with Crippen LogP contribution in [0.25, 0.3) is 11.4 Å². The van der Waals surface area contributed by atoms with Gasteiger partial charge in [0.15, 0.2) is 11.0 Å². The van der Waals surface area contributed by atoms with Gasteiger partial charge in [0, 0.05) is 18.2 Å². The predicted molar refractivity (Wildman–Crippen MR) is 101 cm³/mol. The van der Waals surface area contributed by atoms with E-state index in [1.165, 1.54) is 11.8 Å². The number of aromatic nitrogens is 3. The van der Waals surface area contributed by atoms with E-state index in [-0.39, 0.29) is 5.69 Å². The number of carbonyl (C=O) groups excluding carboxylic acids is 1. The molecule has 2 aromatic carbocycles. The number of rotatable bonds is 6. The summed E-state index contributed by atoms with van der Waals surface area (Å²) in [5.74, 6) is -1.05. The summed E-state index contributed by atoms with van der Waals surface area (Å²) in [6, 6.07) is 12.6. The number of nitrogens with zero attached hydrogens (tertiary/aromatic N) is 3. The average molecular weight is 388 g/mol. The molecule has 1 aromatic heterocycles. The number of benzene rings is 2. The molecule has 3 aromatic rings. The van der Waals surface area contributed by atoms with E-state index in [1.807, 2.05) is 41.8 Å². The van der Waals surface area contributed by atoms with Gasteiger partial charge in [-0.15, -0.1) is 10.2 Å².